The van der Waals surface area contributed by atoms with Crippen LogP contribution in [0.15, 0.2) is 48.5 Å². The van der Waals surface area contributed by atoms with Crippen molar-refractivity contribution in [2.24, 2.45) is 0 Å². The molecule has 4 nitrogen and oxygen atoms in total. The van der Waals surface area contributed by atoms with Gasteiger partial charge in [0.05, 0.1) is 11.1 Å². The van der Waals surface area contributed by atoms with Crippen molar-refractivity contribution in [3.05, 3.63) is 59.7 Å². The van der Waals surface area contributed by atoms with Crippen LogP contribution < -0.4 is 9.80 Å². The first-order valence-corrected chi connectivity index (χ1v) is 8.14. The lowest BCUT2D eigenvalue weighted by Gasteiger charge is -2.33. The number of alkyl halides is 6. The summed E-state index contributed by atoms with van der Waals surface area (Å²) in [6.07, 6.45) is -8.94. The Kier molecular flexibility index (Phi) is 5.71. The van der Waals surface area contributed by atoms with E-state index in [-0.39, 0.29) is 38.3 Å². The van der Waals surface area contributed by atoms with Crippen LogP contribution in [0.4, 0.5) is 37.7 Å². The van der Waals surface area contributed by atoms with E-state index in [1.165, 1.54) is 34.1 Å². The Morgan fingerprint density at radius 2 is 0.964 bits per heavy atom. The van der Waals surface area contributed by atoms with Crippen molar-refractivity contribution in [2.45, 2.75) is 12.4 Å². The van der Waals surface area contributed by atoms with Crippen LogP contribution in [0.25, 0.3) is 0 Å². The van der Waals surface area contributed by atoms with E-state index in [0.717, 1.165) is 24.3 Å². The normalized spacial score (nSPS) is 16.6. The molecular formula is C18H16F6N2O2. The molecule has 2 aromatic carbocycles. The van der Waals surface area contributed by atoms with E-state index in [0.29, 0.717) is 0 Å². The fourth-order valence-corrected chi connectivity index (χ4v) is 2.65. The molecule has 10 heteroatoms. The summed E-state index contributed by atoms with van der Waals surface area (Å²) >= 11 is 0. The van der Waals surface area contributed by atoms with Crippen LogP contribution in [-0.4, -0.2) is 26.9 Å². The topological polar surface area (TPSA) is 24.9 Å². The minimum Gasteiger partial charge on any atom is -0.341 e. The highest BCUT2D eigenvalue weighted by molar-refractivity contribution is 5.50. The number of hydrogen-bond donors (Lipinski definition) is 0. The van der Waals surface area contributed by atoms with Gasteiger partial charge in [-0.25, -0.2) is 0 Å². The van der Waals surface area contributed by atoms with Crippen molar-refractivity contribution in [1.82, 2.24) is 0 Å². The molecule has 1 aliphatic rings. The predicted octanol–water partition coefficient (Wildman–Crippen LogP) is 4.91. The molecule has 0 spiro atoms. The number of anilines is 2. The average Bonchev–Trinajstić information content (AvgIpc) is 2.60. The molecule has 1 aliphatic heterocycles. The molecule has 0 aliphatic carbocycles. The Bertz CT molecular complexity index is 734. The molecule has 0 N–H and O–H groups in total. The third-order valence-electron chi connectivity index (χ3n) is 4.07. The first-order valence-electron chi connectivity index (χ1n) is 8.14. The third kappa shape index (κ3) is 4.87. The van der Waals surface area contributed by atoms with Gasteiger partial charge >= 0.3 is 12.4 Å². The van der Waals surface area contributed by atoms with Crippen molar-refractivity contribution >= 4 is 11.4 Å². The van der Waals surface area contributed by atoms with E-state index in [2.05, 4.69) is 0 Å². The average molecular weight is 406 g/mol. The molecule has 1 saturated heterocycles. The molecule has 2 aromatic rings. The summed E-state index contributed by atoms with van der Waals surface area (Å²) in [5.74, 6) is 0. The SMILES string of the molecule is FC(F)(F)c1cccc(N2COCN(c3cccc(C(F)(F)F)c3)COC2)c1. The van der Waals surface area contributed by atoms with Crippen molar-refractivity contribution in [3.63, 3.8) is 0 Å². The summed E-state index contributed by atoms with van der Waals surface area (Å²) in [6, 6.07) is 9.45. The monoisotopic (exact) mass is 406 g/mol. The molecule has 1 heterocycles. The first-order chi connectivity index (χ1) is 13.1. The molecule has 0 atom stereocenters. The van der Waals surface area contributed by atoms with Crippen LogP contribution >= 0.6 is 0 Å². The number of nitrogens with zero attached hydrogens (tertiary/aromatic N) is 2. The van der Waals surface area contributed by atoms with Gasteiger partial charge < -0.3 is 19.3 Å². The summed E-state index contributed by atoms with van der Waals surface area (Å²) in [7, 11) is 0. The lowest BCUT2D eigenvalue weighted by atomic mass is 10.2. The number of hydrogen-bond acceptors (Lipinski definition) is 4. The van der Waals surface area contributed by atoms with Gasteiger partial charge in [0, 0.05) is 11.4 Å². The fourth-order valence-electron chi connectivity index (χ4n) is 2.65. The lowest BCUT2D eigenvalue weighted by molar-refractivity contribution is -0.138. The second-order valence-electron chi connectivity index (χ2n) is 6.10. The van der Waals surface area contributed by atoms with E-state index >= 15 is 0 Å². The summed E-state index contributed by atoms with van der Waals surface area (Å²) < 4.78 is 88.1. The van der Waals surface area contributed by atoms with Gasteiger partial charge in [-0.1, -0.05) is 12.1 Å². The second kappa shape index (κ2) is 7.88. The smallest absolute Gasteiger partial charge is 0.341 e. The van der Waals surface area contributed by atoms with Crippen molar-refractivity contribution in [2.75, 3.05) is 36.7 Å². The molecule has 0 unspecified atom stereocenters. The van der Waals surface area contributed by atoms with E-state index < -0.39 is 23.5 Å². The largest absolute Gasteiger partial charge is 0.416 e. The van der Waals surface area contributed by atoms with Gasteiger partial charge in [-0.3, -0.25) is 0 Å². The van der Waals surface area contributed by atoms with Crippen molar-refractivity contribution < 1.29 is 35.8 Å². The van der Waals surface area contributed by atoms with Crippen LogP contribution in [0.2, 0.25) is 0 Å². The van der Waals surface area contributed by atoms with Crippen LogP contribution in [0.1, 0.15) is 11.1 Å². The first kappa shape index (κ1) is 20.3. The minimum absolute atomic E-state index is 0.0865. The maximum Gasteiger partial charge on any atom is 0.416 e. The van der Waals surface area contributed by atoms with Crippen molar-refractivity contribution in [1.29, 1.82) is 0 Å². The van der Waals surface area contributed by atoms with Gasteiger partial charge in [0.25, 0.3) is 0 Å². The van der Waals surface area contributed by atoms with Crippen LogP contribution in [0.3, 0.4) is 0 Å². The van der Waals surface area contributed by atoms with E-state index in [4.69, 9.17) is 9.47 Å². The Hall–Kier alpha value is -2.46. The fraction of sp³-hybridized carbons (Fsp3) is 0.333. The maximum absolute atomic E-state index is 12.9. The predicted molar refractivity (Wildman–Crippen MR) is 89.5 cm³/mol. The zero-order valence-electron chi connectivity index (χ0n) is 14.4. The van der Waals surface area contributed by atoms with Crippen LogP contribution in [0, 0.1) is 0 Å². The summed E-state index contributed by atoms with van der Waals surface area (Å²) in [5.41, 5.74) is -1.06. The quantitative estimate of drug-likeness (QED) is 0.662. The summed E-state index contributed by atoms with van der Waals surface area (Å²) in [4.78, 5) is 2.91. The number of benzene rings is 2. The van der Waals surface area contributed by atoms with Crippen molar-refractivity contribution in [3.8, 4) is 0 Å². The van der Waals surface area contributed by atoms with Gasteiger partial charge in [0.1, 0.15) is 26.9 Å². The van der Waals surface area contributed by atoms with Crippen LogP contribution in [0.5, 0.6) is 0 Å². The Labute approximate surface area is 156 Å². The van der Waals surface area contributed by atoms with Gasteiger partial charge in [0.2, 0.25) is 0 Å². The Balaban J connectivity index is 1.68. The van der Waals surface area contributed by atoms with E-state index in [1.54, 1.807) is 0 Å². The number of ether oxygens (including phenoxy) is 2. The molecule has 0 bridgehead atoms. The number of halogens is 6. The maximum atomic E-state index is 12.9. The second-order valence-corrected chi connectivity index (χ2v) is 6.10. The molecule has 152 valence electrons. The molecule has 1 fully saturated rings. The highest BCUT2D eigenvalue weighted by atomic mass is 19.4. The zero-order valence-corrected chi connectivity index (χ0v) is 14.4. The molecule has 0 radical (unpaired) electrons. The molecule has 0 aromatic heterocycles. The molecule has 0 amide bonds. The molecular weight excluding hydrogens is 390 g/mol. The Morgan fingerprint density at radius 3 is 1.29 bits per heavy atom. The summed E-state index contributed by atoms with van der Waals surface area (Å²) in [5, 5.41) is 0. The zero-order chi connectivity index (χ0) is 20.4. The molecule has 3 rings (SSSR count). The number of rotatable bonds is 2. The van der Waals surface area contributed by atoms with Crippen LogP contribution in [-0.2, 0) is 21.8 Å². The molecule has 0 saturated carbocycles. The highest BCUT2D eigenvalue weighted by Crippen LogP contribution is 2.33. The van der Waals surface area contributed by atoms with Gasteiger partial charge in [-0.2, -0.15) is 26.3 Å². The lowest BCUT2D eigenvalue weighted by Crippen LogP contribution is -2.39. The van der Waals surface area contributed by atoms with E-state index in [1.807, 2.05) is 0 Å². The highest BCUT2D eigenvalue weighted by Gasteiger charge is 2.32. The van der Waals surface area contributed by atoms with Gasteiger partial charge in [0.15, 0.2) is 0 Å². The van der Waals surface area contributed by atoms with Gasteiger partial charge in [-0.05, 0) is 36.4 Å². The Morgan fingerprint density at radius 1 is 0.607 bits per heavy atom. The third-order valence-corrected chi connectivity index (χ3v) is 4.07. The van der Waals surface area contributed by atoms with Gasteiger partial charge in [-0.15, -0.1) is 0 Å². The van der Waals surface area contributed by atoms with E-state index in [9.17, 15) is 26.3 Å². The minimum atomic E-state index is -4.47. The molecule has 28 heavy (non-hydrogen) atoms. The standard InChI is InChI=1S/C18H16F6N2O2/c19-17(20,21)13-3-1-5-15(7-13)25-9-27-11-26(12-28-10-25)16-6-2-4-14(8-16)18(22,23)24/h1-8H,9-12H2. The summed E-state index contributed by atoms with van der Waals surface area (Å²) in [6.45, 7) is -0.346.